The van der Waals surface area contributed by atoms with Crippen molar-refractivity contribution < 1.29 is 28.8 Å². The lowest BCUT2D eigenvalue weighted by Crippen LogP contribution is -2.14. The van der Waals surface area contributed by atoms with Gasteiger partial charge in [-0.3, -0.25) is 14.9 Å². The number of ether oxygens (including phenoxy) is 1. The number of nitrogens with zero attached hydrogens (tertiary/aromatic N) is 2. The van der Waals surface area contributed by atoms with Gasteiger partial charge in [0.25, 0.3) is 11.6 Å². The molecule has 1 N–H and O–H groups in total. The lowest BCUT2D eigenvalue weighted by atomic mass is 10.1. The second-order valence-electron chi connectivity index (χ2n) is 7.60. The number of rotatable bonds is 6. The molecule has 0 saturated carbocycles. The molecule has 10 heteroatoms. The number of furan rings is 1. The standard InChI is InChI=1S/C26H20N2O7S/c1-3-34-26(31)22-23(29)21(36-25(22)27-24(30)19-7-5-4-6-15(19)2)14-18-12-13-20(35-18)16-8-10-17(11-9-16)28(32)33/h4-14,29H,3H2,1-2H3/b21-14-,27-25?. The number of aliphatic hydroxyl groups is 1. The Hall–Kier alpha value is -4.44. The maximum Gasteiger partial charge on any atom is 0.344 e. The number of hydrogen-bond donors (Lipinski definition) is 1. The number of non-ortho nitro benzene ring substituents is 1. The number of aliphatic imine (C=N–C) groups is 1. The van der Waals surface area contributed by atoms with Crippen LogP contribution in [0.3, 0.4) is 0 Å². The summed E-state index contributed by atoms with van der Waals surface area (Å²) < 4.78 is 10.9. The molecular weight excluding hydrogens is 484 g/mol. The summed E-state index contributed by atoms with van der Waals surface area (Å²) in [4.78, 5) is 40.1. The number of aryl methyl sites for hydroxylation is 1. The number of nitro groups is 1. The molecule has 1 amide bonds. The van der Waals surface area contributed by atoms with Crippen LogP contribution in [0.25, 0.3) is 17.4 Å². The summed E-state index contributed by atoms with van der Waals surface area (Å²) in [6.07, 6.45) is 1.51. The first-order valence-corrected chi connectivity index (χ1v) is 11.6. The van der Waals surface area contributed by atoms with Gasteiger partial charge in [0.15, 0.2) is 0 Å². The highest BCUT2D eigenvalue weighted by molar-refractivity contribution is 8.18. The van der Waals surface area contributed by atoms with Gasteiger partial charge < -0.3 is 14.3 Å². The molecule has 1 aromatic heterocycles. The van der Waals surface area contributed by atoms with Crippen LogP contribution in [-0.2, 0) is 9.53 Å². The summed E-state index contributed by atoms with van der Waals surface area (Å²) in [5.74, 6) is -0.911. The van der Waals surface area contributed by atoms with Crippen molar-refractivity contribution in [1.82, 2.24) is 0 Å². The molecule has 0 atom stereocenters. The maximum atomic E-state index is 12.8. The fourth-order valence-electron chi connectivity index (χ4n) is 3.42. The molecule has 1 aliphatic rings. The Morgan fingerprint density at radius 2 is 1.86 bits per heavy atom. The quantitative estimate of drug-likeness (QED) is 0.251. The molecule has 4 rings (SSSR count). The predicted molar refractivity (Wildman–Crippen MR) is 136 cm³/mol. The minimum absolute atomic E-state index is 0.0209. The number of esters is 1. The molecule has 0 fully saturated rings. The van der Waals surface area contributed by atoms with E-state index in [4.69, 9.17) is 9.15 Å². The summed E-state index contributed by atoms with van der Waals surface area (Å²) in [7, 11) is 0. The van der Waals surface area contributed by atoms with Crippen molar-refractivity contribution in [2.75, 3.05) is 6.61 Å². The van der Waals surface area contributed by atoms with Crippen LogP contribution >= 0.6 is 11.8 Å². The molecule has 2 aromatic carbocycles. The molecule has 9 nitrogen and oxygen atoms in total. The molecule has 0 unspecified atom stereocenters. The maximum absolute atomic E-state index is 12.8. The van der Waals surface area contributed by atoms with E-state index < -0.39 is 16.8 Å². The first-order chi connectivity index (χ1) is 17.3. The van der Waals surface area contributed by atoms with Gasteiger partial charge in [0, 0.05) is 23.3 Å². The molecule has 182 valence electrons. The number of carbonyl (C=O) groups excluding carboxylic acids is 2. The van der Waals surface area contributed by atoms with Gasteiger partial charge in [0.1, 0.15) is 27.9 Å². The van der Waals surface area contributed by atoms with E-state index in [1.807, 2.05) is 0 Å². The molecule has 3 aromatic rings. The fourth-order valence-corrected chi connectivity index (χ4v) is 4.41. The van der Waals surface area contributed by atoms with Crippen LogP contribution in [0, 0.1) is 17.0 Å². The van der Waals surface area contributed by atoms with Crippen molar-refractivity contribution in [2.24, 2.45) is 4.99 Å². The zero-order chi connectivity index (χ0) is 25.8. The van der Waals surface area contributed by atoms with Gasteiger partial charge >= 0.3 is 5.97 Å². The monoisotopic (exact) mass is 504 g/mol. The summed E-state index contributed by atoms with van der Waals surface area (Å²) in [6, 6.07) is 16.1. The third kappa shape index (κ3) is 5.13. The molecule has 36 heavy (non-hydrogen) atoms. The molecule has 1 aliphatic heterocycles. The Morgan fingerprint density at radius 1 is 1.14 bits per heavy atom. The van der Waals surface area contributed by atoms with Crippen LogP contribution in [-0.4, -0.2) is 33.6 Å². The Bertz CT molecular complexity index is 1450. The molecule has 0 spiro atoms. The predicted octanol–water partition coefficient (Wildman–Crippen LogP) is 5.87. The summed E-state index contributed by atoms with van der Waals surface area (Å²) in [6.45, 7) is 3.49. The van der Waals surface area contributed by atoms with Crippen molar-refractivity contribution in [2.45, 2.75) is 13.8 Å². The molecule has 0 bridgehead atoms. The molecule has 0 aliphatic carbocycles. The Morgan fingerprint density at radius 3 is 2.53 bits per heavy atom. The van der Waals surface area contributed by atoms with E-state index in [-0.39, 0.29) is 33.6 Å². The summed E-state index contributed by atoms with van der Waals surface area (Å²) in [5.41, 5.74) is 1.50. The van der Waals surface area contributed by atoms with Crippen molar-refractivity contribution in [3.8, 4) is 11.3 Å². The van der Waals surface area contributed by atoms with Gasteiger partial charge in [-0.05, 0) is 55.8 Å². The average Bonchev–Trinajstić information content (AvgIpc) is 3.44. The first-order valence-electron chi connectivity index (χ1n) is 10.8. The number of aliphatic hydroxyl groups excluding tert-OH is 1. The number of hydrogen-bond acceptors (Lipinski definition) is 8. The Kier molecular flexibility index (Phi) is 7.16. The number of benzene rings is 2. The van der Waals surface area contributed by atoms with Crippen LogP contribution in [0.5, 0.6) is 0 Å². The van der Waals surface area contributed by atoms with Crippen LogP contribution in [0.2, 0.25) is 0 Å². The molecule has 0 radical (unpaired) electrons. The minimum atomic E-state index is -0.798. The van der Waals surface area contributed by atoms with Gasteiger partial charge in [-0.2, -0.15) is 0 Å². The largest absolute Gasteiger partial charge is 0.506 e. The number of amides is 1. The average molecular weight is 505 g/mol. The van der Waals surface area contributed by atoms with Crippen molar-refractivity contribution in [3.05, 3.63) is 104 Å². The lowest BCUT2D eigenvalue weighted by Gasteiger charge is -2.04. The zero-order valence-corrected chi connectivity index (χ0v) is 20.1. The van der Waals surface area contributed by atoms with Crippen molar-refractivity contribution in [1.29, 1.82) is 0 Å². The zero-order valence-electron chi connectivity index (χ0n) is 19.3. The van der Waals surface area contributed by atoms with E-state index in [1.165, 1.54) is 18.2 Å². The normalized spacial score (nSPS) is 15.5. The summed E-state index contributed by atoms with van der Waals surface area (Å²) >= 11 is 0.945. The van der Waals surface area contributed by atoms with Gasteiger partial charge in [0.2, 0.25) is 0 Å². The summed E-state index contributed by atoms with van der Waals surface area (Å²) in [5, 5.41) is 21.7. The molecule has 0 saturated heterocycles. The van der Waals surface area contributed by atoms with Gasteiger partial charge in [-0.15, -0.1) is 0 Å². The van der Waals surface area contributed by atoms with E-state index in [0.29, 0.717) is 22.6 Å². The minimum Gasteiger partial charge on any atom is -0.506 e. The molecular formula is C26H20N2O7S. The first kappa shape index (κ1) is 24.7. The van der Waals surface area contributed by atoms with Crippen molar-refractivity contribution >= 4 is 40.4 Å². The van der Waals surface area contributed by atoms with E-state index in [2.05, 4.69) is 4.99 Å². The van der Waals surface area contributed by atoms with Crippen LogP contribution in [0.15, 0.2) is 86.3 Å². The van der Waals surface area contributed by atoms with Crippen LogP contribution in [0.4, 0.5) is 5.69 Å². The SMILES string of the molecule is CCOC(=O)C1=C(O)/C(=C/c2ccc(-c3ccc([N+](=O)[O-])cc3)o2)SC1=NC(=O)c1ccccc1C. The number of carbonyl (C=O) groups is 2. The smallest absolute Gasteiger partial charge is 0.344 e. The van der Waals surface area contributed by atoms with Gasteiger partial charge in [0.05, 0.1) is 16.4 Å². The van der Waals surface area contributed by atoms with E-state index in [1.54, 1.807) is 62.4 Å². The van der Waals surface area contributed by atoms with Crippen LogP contribution in [0.1, 0.15) is 28.6 Å². The van der Waals surface area contributed by atoms with Gasteiger partial charge in [-0.25, -0.2) is 9.79 Å². The lowest BCUT2D eigenvalue weighted by molar-refractivity contribution is -0.384. The number of thioether (sulfide) groups is 1. The highest BCUT2D eigenvalue weighted by atomic mass is 32.2. The van der Waals surface area contributed by atoms with Gasteiger partial charge in [-0.1, -0.05) is 30.0 Å². The molecule has 2 heterocycles. The van der Waals surface area contributed by atoms with Crippen molar-refractivity contribution in [3.63, 3.8) is 0 Å². The number of nitro benzene ring substituents is 1. The highest BCUT2D eigenvalue weighted by Crippen LogP contribution is 2.40. The van der Waals surface area contributed by atoms with E-state index in [0.717, 1.165) is 17.3 Å². The topological polar surface area (TPSA) is 132 Å². The second-order valence-corrected chi connectivity index (χ2v) is 8.63. The second kappa shape index (κ2) is 10.4. The third-order valence-corrected chi connectivity index (χ3v) is 6.23. The Balaban J connectivity index is 1.66. The highest BCUT2D eigenvalue weighted by Gasteiger charge is 2.34. The van der Waals surface area contributed by atoms with E-state index in [9.17, 15) is 24.8 Å². The fraction of sp³-hybridized carbons (Fsp3) is 0.115. The van der Waals surface area contributed by atoms with Crippen LogP contribution < -0.4 is 0 Å². The third-order valence-electron chi connectivity index (χ3n) is 5.21. The Labute approximate surface area is 210 Å². The van der Waals surface area contributed by atoms with E-state index >= 15 is 0 Å².